The Morgan fingerprint density at radius 1 is 0.810 bits per heavy atom. The number of benzene rings is 2. The minimum absolute atomic E-state index is 0.00213. The summed E-state index contributed by atoms with van der Waals surface area (Å²) in [6.07, 6.45) is 3.25. The molecule has 0 radical (unpaired) electrons. The standard InChI is InChI=1S/C42H49F2N13O6/c1-51-13-18-56(42(51)63)26-3-2-10-55(23-26)41-48-37(35(36(45)59)49-50-41)46-25-4-5-31(29(43)19-25)54-16-14-52(15-17-54)22-24-8-11-53(12-9-24)33-21-28-27(20-30(33)44)39(61)57(40(28)62)32-6-7-34(58)47-38(32)60/h4-5,19-21,24,26,32H,2-3,6-18,22-23H2,1H3,(H2,45,59)(H,46,48,50)(H,47,58,60)/t26-,32?/m1/s1. The Labute approximate surface area is 361 Å². The fourth-order valence-electron chi connectivity index (χ4n) is 9.69. The van der Waals surface area contributed by atoms with Crippen molar-refractivity contribution in [2.75, 3.05) is 99.1 Å². The van der Waals surface area contributed by atoms with E-state index in [0.717, 1.165) is 56.3 Å². The molecule has 1 aromatic heterocycles. The summed E-state index contributed by atoms with van der Waals surface area (Å²) in [5, 5.41) is 13.5. The van der Waals surface area contributed by atoms with Gasteiger partial charge in [0.05, 0.1) is 28.5 Å². The SMILES string of the molecule is CN1CCN([C@@H]2CCCN(c3nnc(C(N)=O)c(Nc4ccc(N5CCN(CC6CCN(c7cc8c(cc7F)C(=O)N(C7CCC(=O)NC7=O)C8=O)CC6)CC5)c(F)c4)n3)C2)C1=O. The van der Waals surface area contributed by atoms with Gasteiger partial charge in [0.1, 0.15) is 17.7 Å². The number of likely N-dealkylation sites (N-methyl/N-ethyl adjacent to an activating group) is 1. The van der Waals surface area contributed by atoms with E-state index >= 15 is 8.78 Å². The van der Waals surface area contributed by atoms with Gasteiger partial charge < -0.3 is 35.6 Å². The summed E-state index contributed by atoms with van der Waals surface area (Å²) in [6, 6.07) is 6.09. The van der Waals surface area contributed by atoms with Crippen LogP contribution in [-0.2, 0) is 9.59 Å². The van der Waals surface area contributed by atoms with Crippen molar-refractivity contribution >= 4 is 64.4 Å². The predicted molar refractivity (Wildman–Crippen MR) is 225 cm³/mol. The number of piperidine rings is 3. The summed E-state index contributed by atoms with van der Waals surface area (Å²) < 4.78 is 31.3. The van der Waals surface area contributed by atoms with Gasteiger partial charge in [-0.2, -0.15) is 4.98 Å². The Morgan fingerprint density at radius 3 is 2.21 bits per heavy atom. The van der Waals surface area contributed by atoms with Crippen molar-refractivity contribution in [3.63, 3.8) is 0 Å². The Bertz CT molecular complexity index is 2370. The van der Waals surface area contributed by atoms with E-state index in [9.17, 15) is 28.8 Å². The van der Waals surface area contributed by atoms with Gasteiger partial charge >= 0.3 is 6.03 Å². The molecule has 9 rings (SSSR count). The molecule has 2 aromatic carbocycles. The summed E-state index contributed by atoms with van der Waals surface area (Å²) in [7, 11) is 1.78. The Kier molecular flexibility index (Phi) is 11.3. The van der Waals surface area contributed by atoms with Crippen LogP contribution in [0.25, 0.3) is 0 Å². The van der Waals surface area contributed by atoms with Crippen molar-refractivity contribution in [1.29, 1.82) is 0 Å². The number of primary amides is 1. The molecule has 5 saturated heterocycles. The third-order valence-corrected chi connectivity index (χ3v) is 13.2. The molecule has 4 N–H and O–H groups in total. The van der Waals surface area contributed by atoms with Crippen molar-refractivity contribution in [3.8, 4) is 0 Å². The second-order valence-electron chi connectivity index (χ2n) is 17.1. The number of carbonyl (C=O) groups excluding carboxylic acids is 6. The van der Waals surface area contributed by atoms with Crippen LogP contribution in [0.1, 0.15) is 69.7 Å². The molecule has 21 heteroatoms. The lowest BCUT2D eigenvalue weighted by atomic mass is 9.95. The number of nitrogens with two attached hydrogens (primary N) is 1. The molecule has 332 valence electrons. The summed E-state index contributed by atoms with van der Waals surface area (Å²) in [6.45, 7) is 7.05. The van der Waals surface area contributed by atoms with Crippen molar-refractivity contribution < 1.29 is 37.5 Å². The van der Waals surface area contributed by atoms with Crippen molar-refractivity contribution in [2.24, 2.45) is 11.7 Å². The number of fused-ring (bicyclic) bond motifs is 1. The monoisotopic (exact) mass is 869 g/mol. The lowest BCUT2D eigenvalue weighted by molar-refractivity contribution is -0.136. The number of nitrogens with zero attached hydrogens (tertiary/aromatic N) is 10. The highest BCUT2D eigenvalue weighted by Crippen LogP contribution is 2.35. The number of carbonyl (C=O) groups is 6. The first kappa shape index (κ1) is 41.8. The Morgan fingerprint density at radius 2 is 1.52 bits per heavy atom. The first-order chi connectivity index (χ1) is 30.3. The van der Waals surface area contributed by atoms with Crippen LogP contribution in [0, 0.1) is 17.6 Å². The second-order valence-corrected chi connectivity index (χ2v) is 17.1. The van der Waals surface area contributed by atoms with Crippen LogP contribution in [-0.4, -0.2) is 161 Å². The van der Waals surface area contributed by atoms with Gasteiger partial charge in [-0.05, 0) is 68.4 Å². The molecule has 7 amide bonds. The topological polar surface area (TPSA) is 214 Å². The van der Waals surface area contributed by atoms with E-state index in [4.69, 9.17) is 5.73 Å². The van der Waals surface area contributed by atoms with Crippen LogP contribution in [0.3, 0.4) is 0 Å². The number of urea groups is 1. The maximum atomic E-state index is 15.8. The minimum Gasteiger partial charge on any atom is -0.369 e. The molecule has 19 nitrogen and oxygen atoms in total. The molecular formula is C42H49F2N13O6. The largest absolute Gasteiger partial charge is 0.369 e. The smallest absolute Gasteiger partial charge is 0.320 e. The number of aromatic nitrogens is 3. The first-order valence-electron chi connectivity index (χ1n) is 21.5. The lowest BCUT2D eigenvalue weighted by Gasteiger charge is -2.40. The van der Waals surface area contributed by atoms with Crippen molar-refractivity contribution in [3.05, 3.63) is 58.8 Å². The van der Waals surface area contributed by atoms with Crippen molar-refractivity contribution in [2.45, 2.75) is 50.6 Å². The normalized spacial score (nSPS) is 22.6. The van der Waals surface area contributed by atoms with Crippen LogP contribution in [0.15, 0.2) is 30.3 Å². The maximum absolute atomic E-state index is 15.8. The van der Waals surface area contributed by atoms with Crippen LogP contribution in [0.2, 0.25) is 0 Å². The Hall–Kier alpha value is -6.51. The van der Waals surface area contributed by atoms with Gasteiger partial charge in [-0.3, -0.25) is 39.1 Å². The van der Waals surface area contributed by atoms with E-state index < -0.39 is 47.2 Å². The van der Waals surface area contributed by atoms with E-state index in [0.29, 0.717) is 69.7 Å². The zero-order valence-corrected chi connectivity index (χ0v) is 34.9. The minimum atomic E-state index is -1.12. The molecule has 0 bridgehead atoms. The van der Waals surface area contributed by atoms with Gasteiger partial charge in [-0.25, -0.2) is 13.6 Å². The van der Waals surface area contributed by atoms with Gasteiger partial charge in [-0.1, -0.05) is 0 Å². The molecule has 63 heavy (non-hydrogen) atoms. The molecule has 6 aliphatic rings. The summed E-state index contributed by atoms with van der Waals surface area (Å²) >= 11 is 0. The number of piperazine rings is 1. The van der Waals surface area contributed by atoms with E-state index in [1.165, 1.54) is 12.1 Å². The highest BCUT2D eigenvalue weighted by atomic mass is 19.1. The van der Waals surface area contributed by atoms with Gasteiger partial charge in [0.2, 0.25) is 17.8 Å². The molecule has 5 fully saturated rings. The molecule has 0 spiro atoms. The maximum Gasteiger partial charge on any atom is 0.320 e. The fraction of sp³-hybridized carbons (Fsp3) is 0.500. The van der Waals surface area contributed by atoms with Crippen LogP contribution in [0.5, 0.6) is 0 Å². The quantitative estimate of drug-likeness (QED) is 0.248. The molecule has 2 atom stereocenters. The number of rotatable bonds is 10. The van der Waals surface area contributed by atoms with Crippen LogP contribution < -0.4 is 31.1 Å². The highest BCUT2D eigenvalue weighted by molar-refractivity contribution is 6.23. The number of anilines is 5. The van der Waals surface area contributed by atoms with E-state index in [1.807, 2.05) is 19.6 Å². The van der Waals surface area contributed by atoms with E-state index in [-0.39, 0.29) is 59.2 Å². The molecule has 7 heterocycles. The lowest BCUT2D eigenvalue weighted by Crippen LogP contribution is -2.54. The van der Waals surface area contributed by atoms with Crippen LogP contribution in [0.4, 0.5) is 42.4 Å². The molecule has 1 unspecified atom stereocenters. The molecule has 0 aliphatic carbocycles. The average molecular weight is 870 g/mol. The van der Waals surface area contributed by atoms with Gasteiger partial charge in [-0.15, -0.1) is 10.2 Å². The number of hydrogen-bond acceptors (Lipinski definition) is 14. The van der Waals surface area contributed by atoms with Gasteiger partial charge in [0, 0.05) is 91.1 Å². The van der Waals surface area contributed by atoms with E-state index in [1.54, 1.807) is 24.1 Å². The Balaban J connectivity index is 0.776. The average Bonchev–Trinajstić information content (AvgIpc) is 3.73. The molecule has 6 aliphatic heterocycles. The van der Waals surface area contributed by atoms with E-state index in [2.05, 4.69) is 30.7 Å². The van der Waals surface area contributed by atoms with Gasteiger partial charge in [0.25, 0.3) is 17.7 Å². The van der Waals surface area contributed by atoms with Gasteiger partial charge in [0.15, 0.2) is 11.5 Å². The number of halogens is 2. The number of imide groups is 2. The number of amides is 7. The number of nitrogens with one attached hydrogen (secondary N) is 2. The molecule has 0 saturated carbocycles. The zero-order chi connectivity index (χ0) is 44.1. The van der Waals surface area contributed by atoms with Crippen LogP contribution >= 0.6 is 0 Å². The second kappa shape index (κ2) is 17.0. The molecule has 3 aromatic rings. The first-order valence-corrected chi connectivity index (χ1v) is 21.5. The highest BCUT2D eigenvalue weighted by Gasteiger charge is 2.45. The van der Waals surface area contributed by atoms with Crippen molar-refractivity contribution in [1.82, 2.24) is 40.1 Å². The zero-order valence-electron chi connectivity index (χ0n) is 34.9. The third-order valence-electron chi connectivity index (χ3n) is 13.2. The summed E-state index contributed by atoms with van der Waals surface area (Å²) in [5.74, 6) is -3.83. The molecular weight excluding hydrogens is 821 g/mol. The fourth-order valence-corrected chi connectivity index (χ4v) is 9.69. The summed E-state index contributed by atoms with van der Waals surface area (Å²) in [4.78, 5) is 92.7. The number of hydrogen-bond donors (Lipinski definition) is 3. The summed E-state index contributed by atoms with van der Waals surface area (Å²) in [5.41, 5.74) is 6.43. The third kappa shape index (κ3) is 8.16. The predicted octanol–water partition coefficient (Wildman–Crippen LogP) is 1.77.